The molecule has 2 unspecified atom stereocenters. The van der Waals surface area contributed by atoms with Crippen LogP contribution in [0, 0.1) is 0 Å². The second-order valence-electron chi connectivity index (χ2n) is 5.52. The topological polar surface area (TPSA) is 68.0 Å². The molecule has 1 aromatic carbocycles. The number of β-amino-alcohol motifs (C(OH)–C–C–N with tert-alkyl or cyclic N) is 1. The van der Waals surface area contributed by atoms with E-state index in [1.54, 1.807) is 6.07 Å². The minimum Gasteiger partial charge on any atom is -0.491 e. The van der Waals surface area contributed by atoms with E-state index in [9.17, 15) is 5.11 Å². The number of anilines is 1. The summed E-state index contributed by atoms with van der Waals surface area (Å²) in [6.45, 7) is 5.57. The molecule has 1 fully saturated rings. The summed E-state index contributed by atoms with van der Waals surface area (Å²) < 4.78 is 11.2. The molecule has 5 heteroatoms. The first kappa shape index (κ1) is 16.1. The molecule has 1 saturated heterocycles. The smallest absolute Gasteiger partial charge is 0.121 e. The van der Waals surface area contributed by atoms with Gasteiger partial charge in [0.1, 0.15) is 18.5 Å². The van der Waals surface area contributed by atoms with Crippen molar-refractivity contribution in [3.05, 3.63) is 24.3 Å². The summed E-state index contributed by atoms with van der Waals surface area (Å²) in [4.78, 5) is 2.25. The predicted octanol–water partition coefficient (Wildman–Crippen LogP) is 1.51. The van der Waals surface area contributed by atoms with E-state index < -0.39 is 6.10 Å². The van der Waals surface area contributed by atoms with E-state index in [1.165, 1.54) is 0 Å². The Labute approximate surface area is 126 Å². The average molecular weight is 294 g/mol. The molecule has 0 amide bonds. The van der Waals surface area contributed by atoms with Gasteiger partial charge in [0.15, 0.2) is 0 Å². The fourth-order valence-electron chi connectivity index (χ4n) is 2.70. The van der Waals surface area contributed by atoms with Gasteiger partial charge in [0.25, 0.3) is 0 Å². The second-order valence-corrected chi connectivity index (χ2v) is 5.52. The first-order valence-corrected chi connectivity index (χ1v) is 7.67. The molecule has 1 heterocycles. The van der Waals surface area contributed by atoms with Gasteiger partial charge < -0.3 is 20.3 Å². The zero-order valence-electron chi connectivity index (χ0n) is 12.7. The zero-order valence-corrected chi connectivity index (χ0v) is 12.7. The number of nitrogens with zero attached hydrogens (tertiary/aromatic N) is 1. The molecular weight excluding hydrogens is 268 g/mol. The molecule has 1 aliphatic heterocycles. The highest BCUT2D eigenvalue weighted by Gasteiger charge is 2.22. The third kappa shape index (κ3) is 5.53. The third-order valence-corrected chi connectivity index (χ3v) is 3.63. The molecule has 5 nitrogen and oxygen atoms in total. The maximum absolute atomic E-state index is 10.1. The molecule has 2 atom stereocenters. The van der Waals surface area contributed by atoms with Gasteiger partial charge in [0.2, 0.25) is 0 Å². The van der Waals surface area contributed by atoms with E-state index in [0.717, 1.165) is 32.5 Å². The number of hydrogen-bond donors (Lipinski definition) is 2. The number of piperidine rings is 1. The number of likely N-dealkylation sites (tertiary alicyclic amines) is 1. The van der Waals surface area contributed by atoms with Crippen molar-refractivity contribution in [2.75, 3.05) is 38.6 Å². The van der Waals surface area contributed by atoms with Crippen molar-refractivity contribution in [1.82, 2.24) is 4.90 Å². The molecule has 3 N–H and O–H groups in total. The minimum absolute atomic E-state index is 0.277. The molecule has 0 saturated carbocycles. The van der Waals surface area contributed by atoms with Crippen LogP contribution in [0.5, 0.6) is 5.75 Å². The number of nitrogens with two attached hydrogens (primary N) is 1. The standard InChI is InChI=1S/C16H26N2O3/c1-2-20-16-7-4-8-18(11-16)10-14(19)12-21-15-6-3-5-13(17)9-15/h3,5-6,9,14,16,19H,2,4,7-8,10-12,17H2,1H3. The van der Waals surface area contributed by atoms with Crippen molar-refractivity contribution < 1.29 is 14.6 Å². The van der Waals surface area contributed by atoms with Gasteiger partial charge in [-0.1, -0.05) is 6.07 Å². The van der Waals surface area contributed by atoms with E-state index in [1.807, 2.05) is 25.1 Å². The van der Waals surface area contributed by atoms with Crippen LogP contribution in [0.15, 0.2) is 24.3 Å². The number of aliphatic hydroxyl groups is 1. The van der Waals surface area contributed by atoms with Gasteiger partial charge in [-0.2, -0.15) is 0 Å². The van der Waals surface area contributed by atoms with Crippen molar-refractivity contribution in [3.8, 4) is 5.75 Å². The van der Waals surface area contributed by atoms with Crippen molar-refractivity contribution in [3.63, 3.8) is 0 Å². The predicted molar refractivity (Wildman–Crippen MR) is 83.4 cm³/mol. The van der Waals surface area contributed by atoms with Crippen molar-refractivity contribution in [1.29, 1.82) is 0 Å². The Morgan fingerprint density at radius 1 is 1.48 bits per heavy atom. The molecule has 118 valence electrons. The summed E-state index contributed by atoms with van der Waals surface area (Å²) in [7, 11) is 0. The molecule has 0 aliphatic carbocycles. The number of aliphatic hydroxyl groups excluding tert-OH is 1. The largest absolute Gasteiger partial charge is 0.491 e. The van der Waals surface area contributed by atoms with E-state index in [-0.39, 0.29) is 6.61 Å². The first-order chi connectivity index (χ1) is 10.2. The SMILES string of the molecule is CCOC1CCCN(CC(O)COc2cccc(N)c2)C1. The van der Waals surface area contributed by atoms with Crippen LogP contribution in [-0.2, 0) is 4.74 Å². The minimum atomic E-state index is -0.508. The molecule has 21 heavy (non-hydrogen) atoms. The van der Waals surface area contributed by atoms with E-state index in [4.69, 9.17) is 15.2 Å². The Bertz CT molecular complexity index is 426. The van der Waals surface area contributed by atoms with Crippen LogP contribution >= 0.6 is 0 Å². The van der Waals surface area contributed by atoms with Gasteiger partial charge in [0.05, 0.1) is 6.10 Å². The summed E-state index contributed by atoms with van der Waals surface area (Å²) in [6, 6.07) is 7.26. The van der Waals surface area contributed by atoms with Crippen molar-refractivity contribution in [2.24, 2.45) is 0 Å². The number of ether oxygens (including phenoxy) is 2. The van der Waals surface area contributed by atoms with Crippen LogP contribution in [0.1, 0.15) is 19.8 Å². The van der Waals surface area contributed by atoms with Crippen LogP contribution in [0.3, 0.4) is 0 Å². The summed E-state index contributed by atoms with van der Waals surface area (Å²) in [5, 5.41) is 10.1. The molecule has 1 aliphatic rings. The van der Waals surface area contributed by atoms with Gasteiger partial charge >= 0.3 is 0 Å². The molecule has 0 bridgehead atoms. The molecule has 0 aromatic heterocycles. The first-order valence-electron chi connectivity index (χ1n) is 7.67. The Balaban J connectivity index is 1.72. The summed E-state index contributed by atoms with van der Waals surface area (Å²) >= 11 is 0. The molecule has 1 aromatic rings. The van der Waals surface area contributed by atoms with Crippen LogP contribution in [0.4, 0.5) is 5.69 Å². The number of hydrogen-bond acceptors (Lipinski definition) is 5. The highest BCUT2D eigenvalue weighted by atomic mass is 16.5. The second kappa shape index (κ2) is 8.22. The average Bonchev–Trinajstić information content (AvgIpc) is 2.46. The lowest BCUT2D eigenvalue weighted by molar-refractivity contribution is -0.0123. The number of benzene rings is 1. The Kier molecular flexibility index (Phi) is 6.29. The van der Waals surface area contributed by atoms with Gasteiger partial charge in [0, 0.05) is 31.5 Å². The van der Waals surface area contributed by atoms with E-state index >= 15 is 0 Å². The lowest BCUT2D eigenvalue weighted by atomic mass is 10.1. The third-order valence-electron chi connectivity index (χ3n) is 3.63. The lowest BCUT2D eigenvalue weighted by Crippen LogP contribution is -2.44. The molecule has 0 radical (unpaired) electrons. The molecule has 0 spiro atoms. The zero-order chi connectivity index (χ0) is 15.1. The van der Waals surface area contributed by atoms with Gasteiger partial charge in [-0.3, -0.25) is 4.90 Å². The fourth-order valence-corrected chi connectivity index (χ4v) is 2.70. The van der Waals surface area contributed by atoms with Gasteiger partial charge in [-0.05, 0) is 38.4 Å². The molecule has 2 rings (SSSR count). The Morgan fingerprint density at radius 3 is 3.10 bits per heavy atom. The van der Waals surface area contributed by atoms with Crippen LogP contribution in [0.25, 0.3) is 0 Å². The quantitative estimate of drug-likeness (QED) is 0.746. The Hall–Kier alpha value is -1.30. The van der Waals surface area contributed by atoms with E-state index in [2.05, 4.69) is 4.90 Å². The van der Waals surface area contributed by atoms with Gasteiger partial charge in [-0.25, -0.2) is 0 Å². The highest BCUT2D eigenvalue weighted by Crippen LogP contribution is 2.16. The summed E-state index contributed by atoms with van der Waals surface area (Å²) in [5.74, 6) is 0.694. The highest BCUT2D eigenvalue weighted by molar-refractivity contribution is 5.43. The van der Waals surface area contributed by atoms with Crippen molar-refractivity contribution in [2.45, 2.75) is 32.0 Å². The number of nitrogen functional groups attached to an aromatic ring is 1. The normalized spacial score (nSPS) is 21.1. The number of rotatable bonds is 7. The maximum Gasteiger partial charge on any atom is 0.121 e. The van der Waals surface area contributed by atoms with Crippen molar-refractivity contribution >= 4 is 5.69 Å². The van der Waals surface area contributed by atoms with Crippen LogP contribution in [-0.4, -0.2) is 55.1 Å². The van der Waals surface area contributed by atoms with Crippen LogP contribution < -0.4 is 10.5 Å². The molecular formula is C16H26N2O3. The van der Waals surface area contributed by atoms with Gasteiger partial charge in [-0.15, -0.1) is 0 Å². The van der Waals surface area contributed by atoms with E-state index in [0.29, 0.717) is 24.1 Å². The Morgan fingerprint density at radius 2 is 2.33 bits per heavy atom. The maximum atomic E-state index is 10.1. The summed E-state index contributed by atoms with van der Waals surface area (Å²) in [6.07, 6.45) is 2.02. The fraction of sp³-hybridized carbons (Fsp3) is 0.625. The lowest BCUT2D eigenvalue weighted by Gasteiger charge is -2.33. The monoisotopic (exact) mass is 294 g/mol. The van der Waals surface area contributed by atoms with Crippen LogP contribution in [0.2, 0.25) is 0 Å². The summed E-state index contributed by atoms with van der Waals surface area (Å²) in [5.41, 5.74) is 6.36.